The van der Waals surface area contributed by atoms with Crippen molar-refractivity contribution in [3.8, 4) is 11.8 Å². The number of alkyl halides is 2. The highest BCUT2D eigenvalue weighted by atomic mass is 19.3. The molecule has 3 aliphatic rings. The number of rotatable bonds is 7. The number of hydrazone groups is 1. The van der Waals surface area contributed by atoms with Gasteiger partial charge in [0.05, 0.1) is 31.4 Å². The number of nitrogens with zero attached hydrogens (tertiary/aromatic N) is 6. The molecule has 4 rings (SSSR count). The Morgan fingerprint density at radius 1 is 1.39 bits per heavy atom. The lowest BCUT2D eigenvalue weighted by atomic mass is 9.83. The number of nitrogens with two attached hydrogens (primary N) is 1. The molecule has 0 amide bonds. The number of aliphatic imine (C=N–C) groups is 2. The first-order valence-electron chi connectivity index (χ1n) is 10.8. The maximum atomic E-state index is 13.8. The first-order valence-corrected chi connectivity index (χ1v) is 10.8. The minimum Gasteiger partial charge on any atom is -0.496 e. The minimum atomic E-state index is -2.80. The lowest BCUT2D eigenvalue weighted by Gasteiger charge is -2.41. The van der Waals surface area contributed by atoms with Gasteiger partial charge in [0.15, 0.2) is 6.17 Å². The number of fused-ring (bicyclic) bond motifs is 1. The molecule has 0 spiro atoms. The summed E-state index contributed by atoms with van der Waals surface area (Å²) in [6, 6.07) is 3.47. The predicted octanol–water partition coefficient (Wildman–Crippen LogP) is 1.61. The molecule has 3 N–H and O–H groups in total. The van der Waals surface area contributed by atoms with Gasteiger partial charge in [-0.2, -0.15) is 10.4 Å². The van der Waals surface area contributed by atoms with Gasteiger partial charge in [0.1, 0.15) is 29.6 Å². The third-order valence-electron chi connectivity index (χ3n) is 6.65. The monoisotopic (exact) mass is 459 g/mol. The molecule has 0 aliphatic carbocycles. The van der Waals surface area contributed by atoms with Gasteiger partial charge in [0.25, 0.3) is 6.43 Å². The second-order valence-electron chi connectivity index (χ2n) is 8.47. The molecule has 11 heteroatoms. The zero-order valence-electron chi connectivity index (χ0n) is 18.7. The number of aliphatic hydroxyl groups excluding tert-OH is 1. The molecule has 9 nitrogen and oxygen atoms in total. The number of ether oxygens (including phenoxy) is 1. The second kappa shape index (κ2) is 9.03. The third-order valence-corrected chi connectivity index (χ3v) is 6.65. The molecule has 0 aromatic heterocycles. The summed E-state index contributed by atoms with van der Waals surface area (Å²) >= 11 is 0. The zero-order chi connectivity index (χ0) is 23.9. The van der Waals surface area contributed by atoms with Crippen LogP contribution >= 0.6 is 0 Å². The number of methoxy groups -OCH3 is 1. The zero-order valence-corrected chi connectivity index (χ0v) is 18.7. The van der Waals surface area contributed by atoms with Gasteiger partial charge in [0.2, 0.25) is 0 Å². The summed E-state index contributed by atoms with van der Waals surface area (Å²) in [5.74, 6) is -0.0991. The number of aliphatic hydroxyl groups is 1. The first-order chi connectivity index (χ1) is 15.8. The fraction of sp³-hybridized carbons (Fsp3) is 0.545. The average Bonchev–Trinajstić information content (AvgIpc) is 3.17. The Morgan fingerprint density at radius 2 is 2.12 bits per heavy atom. The van der Waals surface area contributed by atoms with E-state index in [-0.39, 0.29) is 24.1 Å². The largest absolute Gasteiger partial charge is 0.496 e. The Bertz CT molecular complexity index is 1060. The summed E-state index contributed by atoms with van der Waals surface area (Å²) in [6.45, 7) is 5.85. The van der Waals surface area contributed by atoms with E-state index in [2.05, 4.69) is 26.1 Å². The fourth-order valence-electron chi connectivity index (χ4n) is 4.93. The molecule has 3 unspecified atom stereocenters. The molecule has 0 saturated carbocycles. The van der Waals surface area contributed by atoms with Crippen LogP contribution in [0.3, 0.4) is 0 Å². The summed E-state index contributed by atoms with van der Waals surface area (Å²) in [5, 5.41) is 24.7. The number of hydrogen-bond acceptors (Lipinski definition) is 9. The molecule has 1 aromatic rings. The van der Waals surface area contributed by atoms with Gasteiger partial charge in [-0.15, -0.1) is 0 Å². The second-order valence-corrected chi connectivity index (χ2v) is 8.47. The van der Waals surface area contributed by atoms with Crippen LogP contribution in [0.15, 0.2) is 21.2 Å². The van der Waals surface area contributed by atoms with Crippen molar-refractivity contribution in [1.29, 1.82) is 5.26 Å². The standard InChI is InChI=1S/C22H27F2N7O2/c1-11-13(7-25)6-15(19(33-3)16(11)14-8-30(9-14)4-5-32)12(2)31-22-17(18(29-31)20(23)24)21(26)27-10-28-22/h6,10,12,14,17,20,22,32H,4-5,8-9H2,1-3H3,(H2,26,27,28). The molecule has 3 aliphatic heterocycles. The van der Waals surface area contributed by atoms with Gasteiger partial charge in [-0.05, 0) is 25.5 Å². The molecule has 0 radical (unpaired) electrons. The van der Waals surface area contributed by atoms with Crippen molar-refractivity contribution >= 4 is 17.9 Å². The maximum absolute atomic E-state index is 13.8. The van der Waals surface area contributed by atoms with Gasteiger partial charge < -0.3 is 15.6 Å². The Hall–Kier alpha value is -3.10. The average molecular weight is 460 g/mol. The van der Waals surface area contributed by atoms with Crippen LogP contribution in [0.4, 0.5) is 8.78 Å². The highest BCUT2D eigenvalue weighted by molar-refractivity contribution is 6.11. The van der Waals surface area contributed by atoms with E-state index in [0.717, 1.165) is 24.2 Å². The summed E-state index contributed by atoms with van der Waals surface area (Å²) in [4.78, 5) is 10.3. The molecule has 3 heterocycles. The maximum Gasteiger partial charge on any atom is 0.279 e. The van der Waals surface area contributed by atoms with Crippen LogP contribution in [0.25, 0.3) is 0 Å². The van der Waals surface area contributed by atoms with Crippen molar-refractivity contribution in [3.05, 3.63) is 28.3 Å². The van der Waals surface area contributed by atoms with E-state index in [9.17, 15) is 19.1 Å². The molecule has 176 valence electrons. The van der Waals surface area contributed by atoms with E-state index in [1.54, 1.807) is 13.2 Å². The van der Waals surface area contributed by atoms with Gasteiger partial charge in [-0.1, -0.05) is 0 Å². The van der Waals surface area contributed by atoms with Crippen LogP contribution in [-0.2, 0) is 0 Å². The van der Waals surface area contributed by atoms with Crippen molar-refractivity contribution in [2.75, 3.05) is 33.4 Å². The molecule has 1 saturated heterocycles. The van der Waals surface area contributed by atoms with E-state index >= 15 is 0 Å². The van der Waals surface area contributed by atoms with E-state index < -0.39 is 24.6 Å². The van der Waals surface area contributed by atoms with Crippen LogP contribution in [0, 0.1) is 24.2 Å². The fourth-order valence-corrected chi connectivity index (χ4v) is 4.93. The van der Waals surface area contributed by atoms with Crippen LogP contribution in [-0.4, -0.2) is 78.8 Å². The molecule has 33 heavy (non-hydrogen) atoms. The molecular weight excluding hydrogens is 432 g/mol. The Kier molecular flexibility index (Phi) is 6.32. The highest BCUT2D eigenvalue weighted by Crippen LogP contribution is 2.44. The van der Waals surface area contributed by atoms with E-state index in [1.807, 2.05) is 13.8 Å². The molecule has 1 fully saturated rings. The summed E-state index contributed by atoms with van der Waals surface area (Å²) in [6.07, 6.45) is -2.28. The third kappa shape index (κ3) is 3.83. The van der Waals surface area contributed by atoms with Gasteiger partial charge >= 0.3 is 0 Å². The Morgan fingerprint density at radius 3 is 2.73 bits per heavy atom. The lowest BCUT2D eigenvalue weighted by molar-refractivity contribution is 0.113. The molecular formula is C22H27F2N7O2. The lowest BCUT2D eigenvalue weighted by Crippen LogP contribution is -2.46. The van der Waals surface area contributed by atoms with Crippen molar-refractivity contribution < 1.29 is 18.6 Å². The summed E-state index contributed by atoms with van der Waals surface area (Å²) < 4.78 is 33.3. The summed E-state index contributed by atoms with van der Waals surface area (Å²) in [7, 11) is 1.56. The first kappa shape index (κ1) is 23.1. The Balaban J connectivity index is 1.76. The number of hydrogen-bond donors (Lipinski definition) is 2. The molecule has 0 bridgehead atoms. The number of amidine groups is 1. The number of halogens is 2. The van der Waals surface area contributed by atoms with Crippen molar-refractivity contribution in [2.45, 2.75) is 38.4 Å². The highest BCUT2D eigenvalue weighted by Gasteiger charge is 2.47. The van der Waals surface area contributed by atoms with Gasteiger partial charge in [-0.3, -0.25) is 9.91 Å². The van der Waals surface area contributed by atoms with Crippen molar-refractivity contribution in [3.63, 3.8) is 0 Å². The molecule has 1 aromatic carbocycles. The Labute approximate surface area is 190 Å². The van der Waals surface area contributed by atoms with Gasteiger partial charge in [-0.25, -0.2) is 18.8 Å². The van der Waals surface area contributed by atoms with Crippen molar-refractivity contribution in [2.24, 2.45) is 26.7 Å². The topological polar surface area (TPSA) is 123 Å². The number of β-amino-alcohol motifs (C(OH)–C–C–N with tert-alkyl or cyclic N) is 1. The number of likely N-dealkylation sites (tertiary alicyclic amines) is 1. The molecule has 3 atom stereocenters. The van der Waals surface area contributed by atoms with Crippen LogP contribution in [0.1, 0.15) is 41.1 Å². The predicted molar refractivity (Wildman–Crippen MR) is 120 cm³/mol. The van der Waals surface area contributed by atoms with E-state index in [4.69, 9.17) is 10.5 Å². The van der Waals surface area contributed by atoms with E-state index in [1.165, 1.54) is 11.3 Å². The van der Waals surface area contributed by atoms with Crippen LogP contribution in [0.5, 0.6) is 5.75 Å². The minimum absolute atomic E-state index is 0.0523. The normalized spacial score (nSPS) is 23.6. The van der Waals surface area contributed by atoms with Crippen LogP contribution in [0.2, 0.25) is 0 Å². The van der Waals surface area contributed by atoms with Gasteiger partial charge in [0, 0.05) is 36.7 Å². The van der Waals surface area contributed by atoms with Crippen LogP contribution < -0.4 is 10.5 Å². The summed E-state index contributed by atoms with van der Waals surface area (Å²) in [5.41, 5.74) is 8.49. The smallest absolute Gasteiger partial charge is 0.279 e. The van der Waals surface area contributed by atoms with Crippen molar-refractivity contribution in [1.82, 2.24) is 9.91 Å². The number of benzene rings is 1. The van der Waals surface area contributed by atoms with E-state index in [0.29, 0.717) is 23.4 Å². The quantitative estimate of drug-likeness (QED) is 0.639. The number of nitriles is 1. The SMILES string of the molecule is COc1c(C(C)N2N=C(C(F)F)C3C(N)=NC=NC32)cc(C#N)c(C)c1C1CN(CCO)C1.